The largest absolute Gasteiger partial charge is 0.395 e. The van der Waals surface area contributed by atoms with Crippen molar-refractivity contribution < 1.29 is 5.11 Å². The molecule has 0 aliphatic heterocycles. The molecule has 10 heteroatoms. The van der Waals surface area contributed by atoms with Crippen molar-refractivity contribution in [3.8, 4) is 11.3 Å². The third-order valence-electron chi connectivity index (χ3n) is 4.42. The summed E-state index contributed by atoms with van der Waals surface area (Å²) < 4.78 is 8.08. The predicted molar refractivity (Wildman–Crippen MR) is 109 cm³/mol. The minimum Gasteiger partial charge on any atom is -0.395 e. The van der Waals surface area contributed by atoms with Crippen LogP contribution in [0.15, 0.2) is 30.9 Å². The zero-order valence-electron chi connectivity index (χ0n) is 15.7. The lowest BCUT2D eigenvalue weighted by Gasteiger charge is -2.11. The Hall–Kier alpha value is -2.82. The first-order chi connectivity index (χ1) is 13.5. The third kappa shape index (κ3) is 3.75. The van der Waals surface area contributed by atoms with Gasteiger partial charge in [0.1, 0.15) is 5.00 Å². The van der Waals surface area contributed by atoms with E-state index in [0.29, 0.717) is 18.7 Å². The highest BCUT2D eigenvalue weighted by Crippen LogP contribution is 2.27. The maximum Gasteiger partial charge on any atom is 0.180 e. The van der Waals surface area contributed by atoms with E-state index in [4.69, 9.17) is 10.7 Å². The number of rotatable bonds is 7. The van der Waals surface area contributed by atoms with Gasteiger partial charge in [-0.05, 0) is 37.4 Å². The molecule has 0 saturated carbocycles. The molecule has 0 fully saturated rings. The Kier molecular flexibility index (Phi) is 5.07. The quantitative estimate of drug-likeness (QED) is 0.435. The maximum absolute atomic E-state index is 9.21. The lowest BCUT2D eigenvalue weighted by atomic mass is 10.1. The molecule has 0 radical (unpaired) electrons. The molecule has 4 aromatic rings. The first-order valence-corrected chi connectivity index (χ1v) is 9.73. The summed E-state index contributed by atoms with van der Waals surface area (Å²) in [6.45, 7) is 1.91. The van der Waals surface area contributed by atoms with E-state index >= 15 is 0 Å². The predicted octanol–water partition coefficient (Wildman–Crippen LogP) is 1.89. The minimum atomic E-state index is -0.265. The molecular formula is C18H22N8OS. The van der Waals surface area contributed by atoms with Crippen LogP contribution in [0.25, 0.3) is 16.9 Å². The summed E-state index contributed by atoms with van der Waals surface area (Å²) in [6.07, 6.45) is 8.84. The van der Waals surface area contributed by atoms with E-state index in [9.17, 15) is 5.11 Å². The van der Waals surface area contributed by atoms with Gasteiger partial charge in [0.15, 0.2) is 11.5 Å². The number of nitrogens with two attached hydrogens (primary N) is 1. The number of aromatic nitrogens is 6. The fraction of sp³-hybridized carbons (Fsp3) is 0.333. The van der Waals surface area contributed by atoms with Crippen LogP contribution in [0.5, 0.6) is 0 Å². The summed E-state index contributed by atoms with van der Waals surface area (Å²) in [6, 6.07) is 1.71. The molecular weight excluding hydrogens is 376 g/mol. The molecule has 4 heterocycles. The van der Waals surface area contributed by atoms with Crippen molar-refractivity contribution >= 4 is 28.0 Å². The average Bonchev–Trinajstić information content (AvgIpc) is 3.39. The van der Waals surface area contributed by atoms with E-state index in [2.05, 4.69) is 19.8 Å². The van der Waals surface area contributed by atoms with E-state index in [1.54, 1.807) is 4.68 Å². The molecule has 1 unspecified atom stereocenters. The Morgan fingerprint density at radius 2 is 2.18 bits per heavy atom. The Bertz CT molecular complexity index is 1100. The van der Waals surface area contributed by atoms with Crippen LogP contribution in [-0.2, 0) is 13.5 Å². The summed E-state index contributed by atoms with van der Waals surface area (Å²) in [5.41, 5.74) is 10.3. The van der Waals surface area contributed by atoms with Crippen LogP contribution in [0.1, 0.15) is 17.8 Å². The summed E-state index contributed by atoms with van der Waals surface area (Å²) in [5.74, 6) is 0.661. The van der Waals surface area contributed by atoms with Crippen LogP contribution in [-0.4, -0.2) is 46.3 Å². The van der Waals surface area contributed by atoms with Crippen molar-refractivity contribution in [3.05, 3.63) is 42.2 Å². The van der Waals surface area contributed by atoms with Gasteiger partial charge >= 0.3 is 0 Å². The van der Waals surface area contributed by atoms with Gasteiger partial charge in [-0.25, -0.2) is 9.97 Å². The van der Waals surface area contributed by atoms with Crippen molar-refractivity contribution in [2.24, 2.45) is 12.8 Å². The topological polar surface area (TPSA) is 119 Å². The molecule has 0 aliphatic rings. The Balaban J connectivity index is 1.77. The molecule has 4 rings (SSSR count). The molecule has 0 bridgehead atoms. The fourth-order valence-corrected chi connectivity index (χ4v) is 3.63. The number of hydrogen-bond donors (Lipinski definition) is 3. The van der Waals surface area contributed by atoms with Gasteiger partial charge in [0.05, 0.1) is 36.1 Å². The second-order valence-corrected chi connectivity index (χ2v) is 7.56. The van der Waals surface area contributed by atoms with Gasteiger partial charge in [-0.2, -0.15) is 9.47 Å². The number of anilines is 2. The molecule has 9 nitrogen and oxygen atoms in total. The highest BCUT2D eigenvalue weighted by Gasteiger charge is 2.15. The average molecular weight is 398 g/mol. The molecule has 1 atom stereocenters. The summed E-state index contributed by atoms with van der Waals surface area (Å²) in [4.78, 5) is 9.33. The number of aliphatic hydroxyl groups excluding tert-OH is 1. The van der Waals surface area contributed by atoms with Crippen molar-refractivity contribution in [1.82, 2.24) is 28.5 Å². The van der Waals surface area contributed by atoms with Gasteiger partial charge in [-0.3, -0.25) is 9.08 Å². The molecule has 0 spiro atoms. The first-order valence-electron chi connectivity index (χ1n) is 8.96. The van der Waals surface area contributed by atoms with Gasteiger partial charge < -0.3 is 16.2 Å². The highest BCUT2D eigenvalue weighted by atomic mass is 32.1. The van der Waals surface area contributed by atoms with Gasteiger partial charge in [-0.1, -0.05) is 0 Å². The number of hydrogen-bond acceptors (Lipinski definition) is 8. The second kappa shape index (κ2) is 7.66. The van der Waals surface area contributed by atoms with Crippen molar-refractivity contribution in [1.29, 1.82) is 0 Å². The molecule has 28 heavy (non-hydrogen) atoms. The molecule has 4 N–H and O–H groups in total. The normalized spacial score (nSPS) is 12.6. The molecule has 146 valence electrons. The standard InChI is InChI=1S/C18H22N8OS/c1-11-5-16(28-24-11)23-17-18-20-7-15(12-6-21-25(2)8-12)26(18)9-14(22-17)4-3-13(19)10-27/h5-9,13,27H,3-4,10,19H2,1-2H3,(H,22,23). The Morgan fingerprint density at radius 1 is 1.32 bits per heavy atom. The van der Waals surface area contributed by atoms with Crippen LogP contribution in [0.2, 0.25) is 0 Å². The molecule has 0 aromatic carbocycles. The van der Waals surface area contributed by atoms with Crippen LogP contribution in [0.4, 0.5) is 10.8 Å². The smallest absolute Gasteiger partial charge is 0.180 e. The first kappa shape index (κ1) is 18.5. The van der Waals surface area contributed by atoms with Gasteiger partial charge in [0.2, 0.25) is 0 Å². The fourth-order valence-electron chi connectivity index (χ4n) is 2.97. The zero-order valence-corrected chi connectivity index (χ0v) is 16.5. The Labute approximate surface area is 166 Å². The number of fused-ring (bicyclic) bond motifs is 1. The van der Waals surface area contributed by atoms with E-state index in [1.807, 2.05) is 49.2 Å². The molecule has 0 saturated heterocycles. The van der Waals surface area contributed by atoms with Gasteiger partial charge in [0.25, 0.3) is 0 Å². The highest BCUT2D eigenvalue weighted by molar-refractivity contribution is 7.10. The van der Waals surface area contributed by atoms with E-state index < -0.39 is 0 Å². The summed E-state index contributed by atoms with van der Waals surface area (Å²) in [7, 11) is 1.88. The monoisotopic (exact) mass is 398 g/mol. The SMILES string of the molecule is Cc1cc(Nc2nc(CCC(N)CO)cn3c(-c4cnn(C)c4)cnc23)sn1. The maximum atomic E-state index is 9.21. The van der Waals surface area contributed by atoms with E-state index in [0.717, 1.165) is 33.3 Å². The lowest BCUT2D eigenvalue weighted by Crippen LogP contribution is -2.25. The van der Waals surface area contributed by atoms with Crippen LogP contribution in [0.3, 0.4) is 0 Å². The van der Waals surface area contributed by atoms with Crippen molar-refractivity contribution in [2.45, 2.75) is 25.8 Å². The minimum absolute atomic E-state index is 0.0422. The lowest BCUT2D eigenvalue weighted by molar-refractivity contribution is 0.260. The molecule has 4 aromatic heterocycles. The number of nitrogens with one attached hydrogen (secondary N) is 1. The van der Waals surface area contributed by atoms with Crippen molar-refractivity contribution in [3.63, 3.8) is 0 Å². The van der Waals surface area contributed by atoms with Crippen LogP contribution < -0.4 is 11.1 Å². The van der Waals surface area contributed by atoms with Gasteiger partial charge in [0, 0.05) is 31.0 Å². The summed E-state index contributed by atoms with van der Waals surface area (Å²) in [5, 5.41) is 17.7. The van der Waals surface area contributed by atoms with Crippen LogP contribution >= 0.6 is 11.5 Å². The summed E-state index contributed by atoms with van der Waals surface area (Å²) >= 11 is 1.38. The third-order valence-corrected chi connectivity index (χ3v) is 5.21. The Morgan fingerprint density at radius 3 is 2.86 bits per heavy atom. The molecule has 0 amide bonds. The number of nitrogens with zero attached hydrogens (tertiary/aromatic N) is 6. The van der Waals surface area contributed by atoms with Crippen LogP contribution in [0, 0.1) is 6.92 Å². The zero-order chi connectivity index (χ0) is 19.7. The second-order valence-electron chi connectivity index (χ2n) is 6.76. The molecule has 0 aliphatic carbocycles. The number of imidazole rings is 1. The van der Waals surface area contributed by atoms with E-state index in [1.165, 1.54) is 11.5 Å². The number of aryl methyl sites for hydroxylation is 3. The van der Waals surface area contributed by atoms with Gasteiger partial charge in [-0.15, -0.1) is 0 Å². The van der Waals surface area contributed by atoms with E-state index in [-0.39, 0.29) is 12.6 Å². The number of aliphatic hydroxyl groups is 1. The van der Waals surface area contributed by atoms with Crippen molar-refractivity contribution in [2.75, 3.05) is 11.9 Å².